The van der Waals surface area contributed by atoms with Crippen molar-refractivity contribution in [1.29, 1.82) is 0 Å². The van der Waals surface area contributed by atoms with Gasteiger partial charge in [-0.2, -0.15) is 0 Å². The monoisotopic (exact) mass is 437 g/mol. The van der Waals surface area contributed by atoms with E-state index < -0.39 is 10.0 Å². The Morgan fingerprint density at radius 1 is 0.935 bits per heavy atom. The summed E-state index contributed by atoms with van der Waals surface area (Å²) in [6.45, 7) is 0.0224. The van der Waals surface area contributed by atoms with Gasteiger partial charge in [-0.15, -0.1) is 0 Å². The molecule has 0 saturated heterocycles. The van der Waals surface area contributed by atoms with Crippen molar-refractivity contribution in [2.75, 3.05) is 6.54 Å². The largest absolute Gasteiger partial charge is 0.349 e. The van der Waals surface area contributed by atoms with Crippen LogP contribution in [0.3, 0.4) is 0 Å². The maximum atomic E-state index is 12.5. The fraction of sp³-hybridized carbons (Fsp3) is 0.250. The van der Waals surface area contributed by atoms with Gasteiger partial charge in [0.05, 0.1) is 6.04 Å². The Hall–Kier alpha value is -3.03. The number of pyridine rings is 1. The molecule has 3 rings (SSSR count). The smallest absolute Gasteiger partial charge is 0.242 e. The van der Waals surface area contributed by atoms with Crippen LogP contribution in [0.25, 0.3) is 0 Å². The fourth-order valence-electron chi connectivity index (χ4n) is 3.32. The maximum Gasteiger partial charge on any atom is 0.242 e. The first-order valence-electron chi connectivity index (χ1n) is 10.3. The van der Waals surface area contributed by atoms with Crippen LogP contribution in [0.5, 0.6) is 0 Å². The van der Waals surface area contributed by atoms with E-state index >= 15 is 0 Å². The molecule has 1 unspecified atom stereocenters. The number of carbonyl (C=O) groups is 1. The quantitative estimate of drug-likeness (QED) is 0.479. The standard InChI is InChI=1S/C24H27N3O3S/c28-24(16-18-26-31(29,30)22-14-8-17-25-19-22)27-23(21-12-5-2-6-13-21)15-7-11-20-9-3-1-4-10-20/h1-6,8-10,12-14,17,19,23,26H,7,11,15-16,18H2,(H,27,28). The van der Waals surface area contributed by atoms with E-state index in [2.05, 4.69) is 27.2 Å². The number of rotatable bonds is 11. The lowest BCUT2D eigenvalue weighted by Crippen LogP contribution is -2.33. The van der Waals surface area contributed by atoms with Crippen LogP contribution in [0.15, 0.2) is 90.1 Å². The molecule has 0 aliphatic carbocycles. The maximum absolute atomic E-state index is 12.5. The Kier molecular flexibility index (Phi) is 8.32. The third kappa shape index (κ3) is 7.31. The van der Waals surface area contributed by atoms with Gasteiger partial charge in [-0.05, 0) is 42.5 Å². The van der Waals surface area contributed by atoms with Gasteiger partial charge in [-0.1, -0.05) is 60.7 Å². The van der Waals surface area contributed by atoms with Crippen molar-refractivity contribution < 1.29 is 13.2 Å². The lowest BCUT2D eigenvalue weighted by molar-refractivity contribution is -0.121. The molecular formula is C24H27N3O3S. The highest BCUT2D eigenvalue weighted by Gasteiger charge is 2.17. The van der Waals surface area contributed by atoms with Crippen molar-refractivity contribution in [1.82, 2.24) is 15.0 Å². The summed E-state index contributed by atoms with van der Waals surface area (Å²) >= 11 is 0. The highest BCUT2D eigenvalue weighted by atomic mass is 32.2. The summed E-state index contributed by atoms with van der Waals surface area (Å²) in [6.07, 6.45) is 5.50. The predicted octanol–water partition coefficient (Wildman–Crippen LogP) is 3.63. The molecule has 1 heterocycles. The van der Waals surface area contributed by atoms with Gasteiger partial charge in [-0.25, -0.2) is 13.1 Å². The van der Waals surface area contributed by atoms with Gasteiger partial charge in [0.1, 0.15) is 4.90 Å². The summed E-state index contributed by atoms with van der Waals surface area (Å²) in [7, 11) is -3.67. The molecule has 3 aromatic rings. The molecule has 1 atom stereocenters. The molecule has 31 heavy (non-hydrogen) atoms. The van der Waals surface area contributed by atoms with Crippen LogP contribution in [0.4, 0.5) is 0 Å². The number of nitrogens with one attached hydrogen (secondary N) is 2. The second-order valence-electron chi connectivity index (χ2n) is 7.25. The molecule has 7 heteroatoms. The minimum Gasteiger partial charge on any atom is -0.349 e. The first kappa shape index (κ1) is 22.7. The zero-order valence-electron chi connectivity index (χ0n) is 17.3. The molecule has 162 valence electrons. The first-order chi connectivity index (χ1) is 15.0. The second kappa shape index (κ2) is 11.4. The van der Waals surface area contributed by atoms with Crippen molar-refractivity contribution in [2.45, 2.75) is 36.6 Å². The number of aromatic nitrogens is 1. The summed E-state index contributed by atoms with van der Waals surface area (Å²) in [5, 5.41) is 3.06. The molecule has 0 spiro atoms. The Labute approximate surface area is 183 Å². The second-order valence-corrected chi connectivity index (χ2v) is 9.01. The summed E-state index contributed by atoms with van der Waals surface area (Å²) < 4.78 is 27.0. The number of carbonyl (C=O) groups excluding carboxylic acids is 1. The molecule has 2 aromatic carbocycles. The number of hydrogen-bond acceptors (Lipinski definition) is 4. The predicted molar refractivity (Wildman–Crippen MR) is 121 cm³/mol. The zero-order valence-corrected chi connectivity index (χ0v) is 18.1. The summed E-state index contributed by atoms with van der Waals surface area (Å²) in [5.41, 5.74) is 2.31. The molecule has 0 radical (unpaired) electrons. The molecule has 0 bridgehead atoms. The van der Waals surface area contributed by atoms with Crippen LogP contribution in [-0.2, 0) is 21.2 Å². The van der Waals surface area contributed by atoms with E-state index in [-0.39, 0.29) is 29.8 Å². The minimum atomic E-state index is -3.67. The first-order valence-corrected chi connectivity index (χ1v) is 11.8. The summed E-state index contributed by atoms with van der Waals surface area (Å²) in [5.74, 6) is -0.192. The van der Waals surface area contributed by atoms with Crippen LogP contribution >= 0.6 is 0 Å². The highest BCUT2D eigenvalue weighted by molar-refractivity contribution is 7.89. The van der Waals surface area contributed by atoms with Gasteiger partial charge >= 0.3 is 0 Å². The Morgan fingerprint density at radius 2 is 1.65 bits per heavy atom. The van der Waals surface area contributed by atoms with Gasteiger partial charge in [0, 0.05) is 25.4 Å². The SMILES string of the molecule is O=C(CCNS(=O)(=O)c1cccnc1)NC(CCCc1ccccc1)c1ccccc1. The van der Waals surface area contributed by atoms with Crippen LogP contribution in [0.2, 0.25) is 0 Å². The van der Waals surface area contributed by atoms with Crippen LogP contribution in [0, 0.1) is 0 Å². The van der Waals surface area contributed by atoms with Gasteiger partial charge in [0.2, 0.25) is 15.9 Å². The number of amides is 1. The lowest BCUT2D eigenvalue weighted by atomic mass is 9.99. The summed E-state index contributed by atoms with van der Waals surface area (Å²) in [6, 6.07) is 23.0. The van der Waals surface area contributed by atoms with E-state index in [1.807, 2.05) is 48.5 Å². The zero-order chi connectivity index (χ0) is 21.9. The molecule has 0 aliphatic rings. The molecule has 0 aliphatic heterocycles. The van der Waals surface area contributed by atoms with Crippen molar-refractivity contribution >= 4 is 15.9 Å². The number of sulfonamides is 1. The number of benzene rings is 2. The third-order valence-electron chi connectivity index (χ3n) is 4.93. The average molecular weight is 438 g/mol. The van der Waals surface area contributed by atoms with Gasteiger partial charge in [-0.3, -0.25) is 9.78 Å². The normalized spacial score (nSPS) is 12.3. The van der Waals surface area contributed by atoms with E-state index in [4.69, 9.17) is 0 Å². The van der Waals surface area contributed by atoms with E-state index in [0.29, 0.717) is 0 Å². The van der Waals surface area contributed by atoms with Crippen molar-refractivity contribution in [3.05, 3.63) is 96.3 Å². The Balaban J connectivity index is 1.53. The fourth-order valence-corrected chi connectivity index (χ4v) is 4.31. The molecular weight excluding hydrogens is 410 g/mol. The van der Waals surface area contributed by atoms with Crippen molar-refractivity contribution in [3.63, 3.8) is 0 Å². The topological polar surface area (TPSA) is 88.2 Å². The van der Waals surface area contributed by atoms with Crippen LogP contribution in [-0.4, -0.2) is 25.9 Å². The third-order valence-corrected chi connectivity index (χ3v) is 6.37. The Bertz CT molecular complexity index is 1040. The molecule has 1 aromatic heterocycles. The number of hydrogen-bond donors (Lipinski definition) is 2. The number of nitrogens with zero attached hydrogens (tertiary/aromatic N) is 1. The molecule has 0 fully saturated rings. The average Bonchev–Trinajstić information content (AvgIpc) is 2.80. The number of aryl methyl sites for hydroxylation is 1. The van der Waals surface area contributed by atoms with Gasteiger partial charge < -0.3 is 5.32 Å². The highest BCUT2D eigenvalue weighted by Crippen LogP contribution is 2.20. The Morgan fingerprint density at radius 3 is 2.32 bits per heavy atom. The van der Waals surface area contributed by atoms with E-state index in [0.717, 1.165) is 24.8 Å². The minimum absolute atomic E-state index is 0.0224. The molecule has 0 saturated carbocycles. The van der Waals surface area contributed by atoms with Crippen molar-refractivity contribution in [3.8, 4) is 0 Å². The van der Waals surface area contributed by atoms with E-state index in [1.165, 1.54) is 24.0 Å². The molecule has 1 amide bonds. The molecule has 2 N–H and O–H groups in total. The lowest BCUT2D eigenvalue weighted by Gasteiger charge is -2.19. The van der Waals surface area contributed by atoms with Gasteiger partial charge in [0.15, 0.2) is 0 Å². The van der Waals surface area contributed by atoms with Crippen LogP contribution < -0.4 is 10.0 Å². The summed E-state index contributed by atoms with van der Waals surface area (Å²) in [4.78, 5) is 16.4. The molecule has 6 nitrogen and oxygen atoms in total. The van der Waals surface area contributed by atoms with E-state index in [1.54, 1.807) is 6.07 Å². The van der Waals surface area contributed by atoms with Crippen molar-refractivity contribution in [2.24, 2.45) is 0 Å². The van der Waals surface area contributed by atoms with Gasteiger partial charge in [0.25, 0.3) is 0 Å². The van der Waals surface area contributed by atoms with Crippen LogP contribution in [0.1, 0.15) is 36.4 Å². The van der Waals surface area contributed by atoms with E-state index in [9.17, 15) is 13.2 Å².